The predicted octanol–water partition coefficient (Wildman–Crippen LogP) is 4.94. The largest absolute Gasteiger partial charge is 0.462 e. The molecule has 2 heterocycles. The first kappa shape index (κ1) is 20.9. The lowest BCUT2D eigenvalue weighted by Crippen LogP contribution is -2.34. The molecule has 8 nitrogen and oxygen atoms in total. The lowest BCUT2D eigenvalue weighted by atomic mass is 10.2. The summed E-state index contributed by atoms with van der Waals surface area (Å²) in [6, 6.07) is 13.2. The quantitative estimate of drug-likeness (QED) is 0.564. The molecule has 1 N–H and O–H groups in total. The Morgan fingerprint density at radius 1 is 1.19 bits per heavy atom. The third-order valence-corrected chi connectivity index (χ3v) is 5.24. The molecule has 1 aromatic heterocycles. The summed E-state index contributed by atoms with van der Waals surface area (Å²) in [4.78, 5) is 30.8. The Bertz CT molecular complexity index is 1070. The van der Waals surface area contributed by atoms with E-state index in [0.29, 0.717) is 41.1 Å². The zero-order valence-corrected chi connectivity index (χ0v) is 17.6. The second kappa shape index (κ2) is 9.18. The van der Waals surface area contributed by atoms with Crippen molar-refractivity contribution in [2.75, 3.05) is 18.5 Å². The van der Waals surface area contributed by atoms with Crippen LogP contribution in [0.3, 0.4) is 0 Å². The van der Waals surface area contributed by atoms with Crippen LogP contribution in [-0.2, 0) is 4.74 Å². The minimum absolute atomic E-state index is 0.266. The Kier molecular flexibility index (Phi) is 6.18. The number of likely N-dealkylation sites (tertiary alicyclic amines) is 1. The summed E-state index contributed by atoms with van der Waals surface area (Å²) in [5, 5.41) is 7.53. The van der Waals surface area contributed by atoms with E-state index in [-0.39, 0.29) is 12.1 Å². The topological polar surface area (TPSA) is 97.6 Å². The number of amides is 2. The van der Waals surface area contributed by atoms with Crippen LogP contribution in [0.15, 0.2) is 53.1 Å². The fraction of sp³-hybridized carbons (Fsp3) is 0.273. The molecule has 0 aliphatic carbocycles. The molecule has 1 aliphatic heterocycles. The van der Waals surface area contributed by atoms with Crippen molar-refractivity contribution >= 4 is 29.3 Å². The highest BCUT2D eigenvalue weighted by Crippen LogP contribution is 2.32. The predicted molar refractivity (Wildman–Crippen MR) is 115 cm³/mol. The average molecular weight is 441 g/mol. The Hall–Kier alpha value is -3.39. The second-order valence-electron chi connectivity index (χ2n) is 7.04. The number of aromatic nitrogens is 2. The van der Waals surface area contributed by atoms with Gasteiger partial charge in [-0.2, -0.15) is 4.98 Å². The zero-order valence-electron chi connectivity index (χ0n) is 16.9. The molecule has 2 aromatic carbocycles. The van der Waals surface area contributed by atoms with Gasteiger partial charge in [0.2, 0.25) is 11.7 Å². The minimum atomic E-state index is -0.395. The molecule has 1 fully saturated rings. The van der Waals surface area contributed by atoms with E-state index in [2.05, 4.69) is 15.5 Å². The average Bonchev–Trinajstić information content (AvgIpc) is 3.44. The number of urea groups is 1. The summed E-state index contributed by atoms with van der Waals surface area (Å²) in [5.41, 5.74) is 1.80. The monoisotopic (exact) mass is 440 g/mol. The van der Waals surface area contributed by atoms with Crippen molar-refractivity contribution in [1.29, 1.82) is 0 Å². The Morgan fingerprint density at radius 2 is 1.94 bits per heavy atom. The van der Waals surface area contributed by atoms with Gasteiger partial charge in [-0.05, 0) is 68.3 Å². The number of esters is 1. The van der Waals surface area contributed by atoms with Gasteiger partial charge < -0.3 is 19.5 Å². The van der Waals surface area contributed by atoms with E-state index in [4.69, 9.17) is 20.9 Å². The first-order valence-corrected chi connectivity index (χ1v) is 10.4. The highest BCUT2D eigenvalue weighted by molar-refractivity contribution is 6.30. The maximum atomic E-state index is 12.9. The number of hydrogen-bond acceptors (Lipinski definition) is 6. The normalized spacial score (nSPS) is 15.7. The molecule has 0 radical (unpaired) electrons. The van der Waals surface area contributed by atoms with Crippen LogP contribution in [0.25, 0.3) is 11.4 Å². The van der Waals surface area contributed by atoms with Gasteiger partial charge >= 0.3 is 12.0 Å². The van der Waals surface area contributed by atoms with Crippen molar-refractivity contribution in [3.63, 3.8) is 0 Å². The molecule has 4 rings (SSSR count). The number of hydrogen-bond donors (Lipinski definition) is 1. The molecule has 9 heteroatoms. The maximum Gasteiger partial charge on any atom is 0.338 e. The number of benzene rings is 2. The standard InChI is InChI=1S/C22H21ClN4O4/c1-2-30-21(28)15-7-11-17(12-8-15)24-22(29)27-13-3-4-18(27)20-25-19(26-31-20)14-5-9-16(23)10-6-14/h5-12,18H,2-4,13H2,1H3,(H,24,29). The lowest BCUT2D eigenvalue weighted by molar-refractivity contribution is 0.0526. The number of carbonyl (C=O) groups excluding carboxylic acids is 2. The molecule has 1 unspecified atom stereocenters. The van der Waals surface area contributed by atoms with Crippen LogP contribution in [-0.4, -0.2) is 40.2 Å². The molecule has 1 atom stereocenters. The van der Waals surface area contributed by atoms with Crippen LogP contribution in [0.4, 0.5) is 10.5 Å². The van der Waals surface area contributed by atoms with Crippen LogP contribution >= 0.6 is 11.6 Å². The molecule has 2 amide bonds. The van der Waals surface area contributed by atoms with Gasteiger partial charge in [-0.1, -0.05) is 16.8 Å². The van der Waals surface area contributed by atoms with Gasteiger partial charge in [0, 0.05) is 22.8 Å². The number of rotatable bonds is 5. The van der Waals surface area contributed by atoms with Crippen molar-refractivity contribution in [2.24, 2.45) is 0 Å². The summed E-state index contributed by atoms with van der Waals surface area (Å²) in [5.74, 6) is 0.455. The second-order valence-corrected chi connectivity index (χ2v) is 7.48. The van der Waals surface area contributed by atoms with Crippen molar-refractivity contribution in [2.45, 2.75) is 25.8 Å². The molecule has 3 aromatic rings. The number of anilines is 1. The van der Waals surface area contributed by atoms with Crippen molar-refractivity contribution in [3.05, 3.63) is 65.0 Å². The first-order valence-electron chi connectivity index (χ1n) is 9.99. The Morgan fingerprint density at radius 3 is 2.65 bits per heavy atom. The van der Waals surface area contributed by atoms with Crippen LogP contribution in [0.5, 0.6) is 0 Å². The summed E-state index contributed by atoms with van der Waals surface area (Å²) in [7, 11) is 0. The van der Waals surface area contributed by atoms with Gasteiger partial charge in [-0.15, -0.1) is 0 Å². The third kappa shape index (κ3) is 4.69. The van der Waals surface area contributed by atoms with Crippen molar-refractivity contribution in [1.82, 2.24) is 15.0 Å². The van der Waals surface area contributed by atoms with E-state index in [0.717, 1.165) is 18.4 Å². The first-order chi connectivity index (χ1) is 15.0. The van der Waals surface area contributed by atoms with Crippen molar-refractivity contribution < 1.29 is 18.8 Å². The van der Waals surface area contributed by atoms with Gasteiger partial charge in [-0.3, -0.25) is 0 Å². The highest BCUT2D eigenvalue weighted by Gasteiger charge is 2.34. The van der Waals surface area contributed by atoms with Gasteiger partial charge in [-0.25, -0.2) is 9.59 Å². The summed E-state index contributed by atoms with van der Waals surface area (Å²) < 4.78 is 10.4. The SMILES string of the molecule is CCOC(=O)c1ccc(NC(=O)N2CCCC2c2nc(-c3ccc(Cl)cc3)no2)cc1. The Balaban J connectivity index is 1.44. The van der Waals surface area contributed by atoms with E-state index in [1.54, 1.807) is 48.2 Å². The number of nitrogens with zero attached hydrogens (tertiary/aromatic N) is 3. The van der Waals surface area contributed by atoms with Crippen LogP contribution in [0.2, 0.25) is 5.02 Å². The smallest absolute Gasteiger partial charge is 0.338 e. The highest BCUT2D eigenvalue weighted by atomic mass is 35.5. The van der Waals surface area contributed by atoms with Crippen molar-refractivity contribution in [3.8, 4) is 11.4 Å². The zero-order chi connectivity index (χ0) is 21.8. The molecule has 1 saturated heterocycles. The number of halogens is 1. The fourth-order valence-electron chi connectivity index (χ4n) is 3.45. The minimum Gasteiger partial charge on any atom is -0.462 e. The van der Waals surface area contributed by atoms with Crippen LogP contribution in [0.1, 0.15) is 42.1 Å². The molecule has 0 spiro atoms. The molecular weight excluding hydrogens is 420 g/mol. The molecular formula is C22H21ClN4O4. The van der Waals surface area contributed by atoms with Gasteiger partial charge in [0.25, 0.3) is 0 Å². The van der Waals surface area contributed by atoms with E-state index in [9.17, 15) is 9.59 Å². The molecule has 160 valence electrons. The van der Waals surface area contributed by atoms with Gasteiger partial charge in [0.15, 0.2) is 0 Å². The van der Waals surface area contributed by atoms with E-state index in [1.807, 2.05) is 12.1 Å². The van der Waals surface area contributed by atoms with Crippen LogP contribution in [0, 0.1) is 0 Å². The number of carbonyl (C=O) groups is 2. The molecule has 1 aliphatic rings. The summed E-state index contributed by atoms with van der Waals surface area (Å²) >= 11 is 5.93. The van der Waals surface area contributed by atoms with E-state index >= 15 is 0 Å². The maximum absolute atomic E-state index is 12.9. The summed E-state index contributed by atoms with van der Waals surface area (Å²) in [6.07, 6.45) is 1.57. The molecule has 31 heavy (non-hydrogen) atoms. The third-order valence-electron chi connectivity index (χ3n) is 4.99. The number of ether oxygens (including phenoxy) is 1. The van der Waals surface area contributed by atoms with E-state index < -0.39 is 5.97 Å². The number of nitrogens with one attached hydrogen (secondary N) is 1. The lowest BCUT2D eigenvalue weighted by Gasteiger charge is -2.22. The fourth-order valence-corrected chi connectivity index (χ4v) is 3.58. The van der Waals surface area contributed by atoms with Gasteiger partial charge in [0.05, 0.1) is 12.2 Å². The molecule has 0 bridgehead atoms. The summed E-state index contributed by atoms with van der Waals surface area (Å²) in [6.45, 7) is 2.64. The molecule has 0 saturated carbocycles. The van der Waals surface area contributed by atoms with E-state index in [1.165, 1.54) is 0 Å². The Labute approximate surface area is 184 Å². The van der Waals surface area contributed by atoms with Gasteiger partial charge in [0.1, 0.15) is 6.04 Å². The van der Waals surface area contributed by atoms with Crippen LogP contribution < -0.4 is 5.32 Å².